The first kappa shape index (κ1) is 28.8. The van der Waals surface area contributed by atoms with E-state index >= 15 is 4.39 Å². The Labute approximate surface area is 244 Å². The Morgan fingerprint density at radius 1 is 1.19 bits per heavy atom. The zero-order chi connectivity index (χ0) is 30.0. The van der Waals surface area contributed by atoms with Gasteiger partial charge in [0.05, 0.1) is 11.4 Å². The van der Waals surface area contributed by atoms with Crippen LogP contribution in [0.4, 0.5) is 10.2 Å². The SMILES string of the molecule is CN(C)C(C)(C)C=C(C#N)C(=O)N1CCC[C@@H]1Cn1cc(-c2ccc(Oc3ccccc3)cc2F)c2c(N)ncnc21. The number of hydrogen-bond acceptors (Lipinski definition) is 7. The molecule has 0 spiro atoms. The maximum atomic E-state index is 15.5. The van der Waals surface area contributed by atoms with Crippen LogP contribution in [0.1, 0.15) is 26.7 Å². The Bertz CT molecular complexity index is 1690. The number of nitriles is 1. The summed E-state index contributed by atoms with van der Waals surface area (Å²) in [7, 11) is 3.81. The standard InChI is InChI=1S/C32H34FN7O2/c1-32(2,38(3)4)16-21(17-34)31(41)40-14-8-9-22(40)18-39-19-26(28-29(35)36-20-37-30(28)39)25-13-12-24(15-27(25)33)42-23-10-6-5-7-11-23/h5-7,10-13,15-16,19-20,22H,8-9,14,18H2,1-4H3,(H2,35,36,37)/t22-/m1/s1. The van der Waals surface area contributed by atoms with Crippen LogP contribution in [0.5, 0.6) is 11.5 Å². The summed E-state index contributed by atoms with van der Waals surface area (Å²) in [4.78, 5) is 25.9. The summed E-state index contributed by atoms with van der Waals surface area (Å²) >= 11 is 0. The van der Waals surface area contributed by atoms with Gasteiger partial charge in [0.1, 0.15) is 46.8 Å². The molecule has 1 aliphatic rings. The second-order valence-electron chi connectivity index (χ2n) is 11.2. The number of carbonyl (C=O) groups excluding carboxylic acids is 1. The first-order chi connectivity index (χ1) is 20.1. The Hall–Kier alpha value is -4.75. The number of ether oxygens (including phenoxy) is 1. The van der Waals surface area contributed by atoms with Gasteiger partial charge in [-0.2, -0.15) is 5.26 Å². The number of aromatic nitrogens is 3. The second kappa shape index (κ2) is 11.6. The zero-order valence-corrected chi connectivity index (χ0v) is 24.2. The Kier molecular flexibility index (Phi) is 7.96. The molecule has 1 amide bonds. The predicted molar refractivity (Wildman–Crippen MR) is 160 cm³/mol. The lowest BCUT2D eigenvalue weighted by atomic mass is 9.99. The number of nitrogens with zero attached hydrogens (tertiary/aromatic N) is 6. The maximum Gasteiger partial charge on any atom is 0.264 e. The fourth-order valence-corrected chi connectivity index (χ4v) is 5.19. The minimum Gasteiger partial charge on any atom is -0.457 e. The summed E-state index contributed by atoms with van der Waals surface area (Å²) in [5.41, 5.74) is 7.37. The molecule has 2 aromatic carbocycles. The van der Waals surface area contributed by atoms with E-state index in [-0.39, 0.29) is 23.3 Å². The van der Waals surface area contributed by atoms with E-state index in [2.05, 4.69) is 16.0 Å². The van der Waals surface area contributed by atoms with Crippen molar-refractivity contribution in [3.05, 3.63) is 78.5 Å². The van der Waals surface area contributed by atoms with Gasteiger partial charge in [-0.1, -0.05) is 18.2 Å². The molecule has 0 aliphatic carbocycles. The van der Waals surface area contributed by atoms with E-state index in [0.29, 0.717) is 46.7 Å². The summed E-state index contributed by atoms with van der Waals surface area (Å²) < 4.78 is 23.2. The van der Waals surface area contributed by atoms with E-state index in [1.165, 1.54) is 12.4 Å². The van der Waals surface area contributed by atoms with Crippen LogP contribution in [-0.4, -0.2) is 62.5 Å². The second-order valence-corrected chi connectivity index (χ2v) is 11.2. The van der Waals surface area contributed by atoms with Gasteiger partial charge in [-0.25, -0.2) is 14.4 Å². The summed E-state index contributed by atoms with van der Waals surface area (Å²) in [6, 6.07) is 15.8. The van der Waals surface area contributed by atoms with Gasteiger partial charge in [-0.15, -0.1) is 0 Å². The molecule has 10 heteroatoms. The Morgan fingerprint density at radius 3 is 2.64 bits per heavy atom. The van der Waals surface area contributed by atoms with E-state index < -0.39 is 11.4 Å². The number of carbonyl (C=O) groups is 1. The number of para-hydroxylation sites is 1. The van der Waals surface area contributed by atoms with E-state index in [1.807, 2.05) is 61.8 Å². The molecule has 0 unspecified atom stereocenters. The number of rotatable bonds is 8. The Morgan fingerprint density at radius 2 is 1.95 bits per heavy atom. The molecule has 0 saturated carbocycles. The van der Waals surface area contributed by atoms with Crippen molar-refractivity contribution in [3.8, 4) is 28.7 Å². The molecule has 4 aromatic rings. The highest BCUT2D eigenvalue weighted by molar-refractivity contribution is 6.01. The number of amides is 1. The van der Waals surface area contributed by atoms with Crippen molar-refractivity contribution in [1.29, 1.82) is 5.26 Å². The lowest BCUT2D eigenvalue weighted by molar-refractivity contribution is -0.127. The van der Waals surface area contributed by atoms with Crippen LogP contribution in [-0.2, 0) is 11.3 Å². The maximum absolute atomic E-state index is 15.5. The van der Waals surface area contributed by atoms with Gasteiger partial charge in [0.25, 0.3) is 5.91 Å². The number of halogens is 1. The molecule has 0 bridgehead atoms. The van der Waals surface area contributed by atoms with Crippen molar-refractivity contribution in [2.75, 3.05) is 26.4 Å². The van der Waals surface area contributed by atoms with Gasteiger partial charge >= 0.3 is 0 Å². The van der Waals surface area contributed by atoms with Crippen molar-refractivity contribution in [2.24, 2.45) is 0 Å². The van der Waals surface area contributed by atoms with Crippen molar-refractivity contribution in [2.45, 2.75) is 44.8 Å². The summed E-state index contributed by atoms with van der Waals surface area (Å²) in [5.74, 6) is 0.442. The van der Waals surface area contributed by atoms with Crippen molar-refractivity contribution in [3.63, 3.8) is 0 Å². The number of benzene rings is 2. The molecule has 2 N–H and O–H groups in total. The molecular weight excluding hydrogens is 533 g/mol. The summed E-state index contributed by atoms with van der Waals surface area (Å²) in [6.07, 6.45) is 6.48. The van der Waals surface area contributed by atoms with Gasteiger partial charge in [0.15, 0.2) is 0 Å². The molecule has 2 aromatic heterocycles. The number of nitrogens with two attached hydrogens (primary N) is 1. The third kappa shape index (κ3) is 5.69. The monoisotopic (exact) mass is 567 g/mol. The molecule has 1 atom stereocenters. The fourth-order valence-electron chi connectivity index (χ4n) is 5.19. The van der Waals surface area contributed by atoms with Crippen LogP contribution in [0.25, 0.3) is 22.2 Å². The molecule has 1 fully saturated rings. The van der Waals surface area contributed by atoms with Crippen molar-refractivity contribution < 1.29 is 13.9 Å². The first-order valence-corrected chi connectivity index (χ1v) is 13.8. The van der Waals surface area contributed by atoms with E-state index in [1.54, 1.807) is 35.2 Å². The molecule has 216 valence electrons. The molecule has 1 aliphatic heterocycles. The molecule has 3 heterocycles. The Balaban J connectivity index is 1.46. The number of hydrogen-bond donors (Lipinski definition) is 1. The number of fused-ring (bicyclic) bond motifs is 1. The topological polar surface area (TPSA) is 113 Å². The number of likely N-dealkylation sites (N-methyl/N-ethyl adjacent to an activating group) is 1. The largest absolute Gasteiger partial charge is 0.457 e. The molecular formula is C32H34FN7O2. The van der Waals surface area contributed by atoms with Crippen LogP contribution in [0.2, 0.25) is 0 Å². The van der Waals surface area contributed by atoms with Crippen LogP contribution in [0, 0.1) is 17.1 Å². The minimum atomic E-state index is -0.476. The normalized spacial score (nSPS) is 15.8. The third-order valence-electron chi connectivity index (χ3n) is 7.94. The molecule has 0 radical (unpaired) electrons. The predicted octanol–water partition coefficient (Wildman–Crippen LogP) is 5.39. The minimum absolute atomic E-state index is 0.116. The van der Waals surface area contributed by atoms with Crippen LogP contribution >= 0.6 is 0 Å². The van der Waals surface area contributed by atoms with E-state index in [9.17, 15) is 10.1 Å². The van der Waals surface area contributed by atoms with Gasteiger partial charge in [0, 0.05) is 42.0 Å². The molecule has 1 saturated heterocycles. The summed E-state index contributed by atoms with van der Waals surface area (Å²) in [5, 5.41) is 10.4. The lowest BCUT2D eigenvalue weighted by Crippen LogP contribution is -2.41. The van der Waals surface area contributed by atoms with Crippen molar-refractivity contribution in [1.82, 2.24) is 24.3 Å². The van der Waals surface area contributed by atoms with Gasteiger partial charge in [-0.3, -0.25) is 4.79 Å². The quantitative estimate of drug-likeness (QED) is 0.224. The van der Waals surface area contributed by atoms with Crippen LogP contribution < -0.4 is 10.5 Å². The highest BCUT2D eigenvalue weighted by Gasteiger charge is 2.33. The lowest BCUT2D eigenvalue weighted by Gasteiger charge is -2.30. The van der Waals surface area contributed by atoms with Gasteiger partial charge in [0.2, 0.25) is 0 Å². The number of anilines is 1. The average molecular weight is 568 g/mol. The highest BCUT2D eigenvalue weighted by atomic mass is 19.1. The number of likely N-dealkylation sites (tertiary alicyclic amines) is 1. The number of nitrogen functional groups attached to an aromatic ring is 1. The molecule has 9 nitrogen and oxygen atoms in total. The van der Waals surface area contributed by atoms with Crippen molar-refractivity contribution >= 4 is 22.8 Å². The third-order valence-corrected chi connectivity index (χ3v) is 7.94. The van der Waals surface area contributed by atoms with E-state index in [0.717, 1.165) is 12.8 Å². The first-order valence-electron chi connectivity index (χ1n) is 13.8. The average Bonchev–Trinajstić information content (AvgIpc) is 3.58. The van der Waals surface area contributed by atoms with E-state index in [4.69, 9.17) is 10.5 Å². The van der Waals surface area contributed by atoms with Crippen LogP contribution in [0.15, 0.2) is 72.7 Å². The highest BCUT2D eigenvalue weighted by Crippen LogP contribution is 2.37. The molecule has 42 heavy (non-hydrogen) atoms. The van der Waals surface area contributed by atoms with Gasteiger partial charge in [-0.05, 0) is 71.1 Å². The van der Waals surface area contributed by atoms with Crippen LogP contribution in [0.3, 0.4) is 0 Å². The fraction of sp³-hybridized carbons (Fsp3) is 0.312. The molecule has 5 rings (SSSR count). The zero-order valence-electron chi connectivity index (χ0n) is 24.2. The smallest absolute Gasteiger partial charge is 0.264 e. The summed E-state index contributed by atoms with van der Waals surface area (Å²) in [6.45, 7) is 4.86. The van der Waals surface area contributed by atoms with Gasteiger partial charge < -0.3 is 24.8 Å².